The van der Waals surface area contributed by atoms with E-state index in [1.807, 2.05) is 0 Å². The minimum atomic E-state index is -4.51. The Balaban J connectivity index is 2.76. The molecule has 0 aliphatic rings. The summed E-state index contributed by atoms with van der Waals surface area (Å²) in [7, 11) is -4.51. The summed E-state index contributed by atoms with van der Waals surface area (Å²) in [4.78, 5) is 21.5. The largest absolute Gasteiger partial charge is 0.480 e. The van der Waals surface area contributed by atoms with Crippen LogP contribution in [0.25, 0.3) is 0 Å². The predicted octanol–water partition coefficient (Wildman–Crippen LogP) is 0.717. The van der Waals surface area contributed by atoms with Crippen LogP contribution in [0.5, 0.6) is 0 Å². The van der Waals surface area contributed by atoms with E-state index in [1.165, 1.54) is 12.1 Å². The highest BCUT2D eigenvalue weighted by molar-refractivity contribution is 7.86. The molecule has 0 aliphatic carbocycles. The summed E-state index contributed by atoms with van der Waals surface area (Å²) in [5, 5.41) is 10.7. The summed E-state index contributed by atoms with van der Waals surface area (Å²) in [6.45, 7) is 0. The third-order valence-corrected chi connectivity index (χ3v) is 3.83. The van der Waals surface area contributed by atoms with Crippen molar-refractivity contribution in [3.05, 3.63) is 23.2 Å². The second-order valence-electron chi connectivity index (χ2n) is 4.15. The second kappa shape index (κ2) is 6.85. The molecule has 1 amide bonds. The number of carbonyl (C=O) groups excluding carboxylic acids is 1. The number of nitrogens with one attached hydrogen (secondary N) is 1. The number of carbonyl (C=O) groups is 2. The number of aliphatic carboxylic acids is 1. The SMILES string of the molecule is NC(CCC(=O)Nc1ccc(Cl)c(S(=O)(=O)O)c1)C(=O)O. The molecular formula is C11H13ClN2O6S. The third kappa shape index (κ3) is 5.31. The lowest BCUT2D eigenvalue weighted by atomic mass is 10.1. The van der Waals surface area contributed by atoms with Crippen LogP contribution in [0.2, 0.25) is 5.02 Å². The van der Waals surface area contributed by atoms with E-state index in [0.717, 1.165) is 6.07 Å². The van der Waals surface area contributed by atoms with Crippen LogP contribution in [0.15, 0.2) is 23.1 Å². The molecular weight excluding hydrogens is 324 g/mol. The fourth-order valence-corrected chi connectivity index (χ4v) is 2.41. The van der Waals surface area contributed by atoms with Gasteiger partial charge in [-0.15, -0.1) is 0 Å². The van der Waals surface area contributed by atoms with Crippen LogP contribution < -0.4 is 11.1 Å². The van der Waals surface area contributed by atoms with E-state index in [9.17, 15) is 18.0 Å². The Morgan fingerprint density at radius 3 is 2.52 bits per heavy atom. The van der Waals surface area contributed by atoms with Gasteiger partial charge in [0.25, 0.3) is 10.1 Å². The van der Waals surface area contributed by atoms with E-state index in [1.54, 1.807) is 0 Å². The van der Waals surface area contributed by atoms with E-state index in [0.29, 0.717) is 0 Å². The smallest absolute Gasteiger partial charge is 0.320 e. The van der Waals surface area contributed by atoms with Gasteiger partial charge in [-0.1, -0.05) is 11.6 Å². The highest BCUT2D eigenvalue weighted by atomic mass is 35.5. The van der Waals surface area contributed by atoms with Crippen molar-refractivity contribution in [2.45, 2.75) is 23.8 Å². The van der Waals surface area contributed by atoms with E-state index < -0.39 is 32.9 Å². The highest BCUT2D eigenvalue weighted by Crippen LogP contribution is 2.24. The molecule has 1 aromatic rings. The number of hydrogen-bond donors (Lipinski definition) is 4. The molecule has 5 N–H and O–H groups in total. The first-order valence-corrected chi connectivity index (χ1v) is 7.48. The zero-order chi connectivity index (χ0) is 16.2. The van der Waals surface area contributed by atoms with Gasteiger partial charge in [-0.05, 0) is 24.6 Å². The number of rotatable bonds is 6. The molecule has 0 saturated heterocycles. The number of nitrogens with two attached hydrogens (primary N) is 1. The van der Waals surface area contributed by atoms with Crippen LogP contribution in [0.3, 0.4) is 0 Å². The number of hydrogen-bond acceptors (Lipinski definition) is 5. The maximum Gasteiger partial charge on any atom is 0.320 e. The summed E-state index contributed by atoms with van der Waals surface area (Å²) >= 11 is 5.62. The molecule has 0 fully saturated rings. The molecule has 0 spiro atoms. The van der Waals surface area contributed by atoms with Gasteiger partial charge in [0.2, 0.25) is 5.91 Å². The van der Waals surface area contributed by atoms with Crippen molar-refractivity contribution in [2.75, 3.05) is 5.32 Å². The van der Waals surface area contributed by atoms with Crippen molar-refractivity contribution in [3.8, 4) is 0 Å². The van der Waals surface area contributed by atoms with Crippen molar-refractivity contribution in [2.24, 2.45) is 5.73 Å². The lowest BCUT2D eigenvalue weighted by Gasteiger charge is -2.09. The summed E-state index contributed by atoms with van der Waals surface area (Å²) in [5.74, 6) is -1.77. The number of anilines is 1. The molecule has 21 heavy (non-hydrogen) atoms. The van der Waals surface area contributed by atoms with Crippen molar-refractivity contribution < 1.29 is 27.7 Å². The van der Waals surface area contributed by atoms with Gasteiger partial charge in [0.1, 0.15) is 10.9 Å². The Labute approximate surface area is 125 Å². The zero-order valence-electron chi connectivity index (χ0n) is 10.6. The van der Waals surface area contributed by atoms with E-state index >= 15 is 0 Å². The molecule has 0 aromatic heterocycles. The lowest BCUT2D eigenvalue weighted by molar-refractivity contribution is -0.138. The van der Waals surface area contributed by atoms with Gasteiger partial charge in [0.15, 0.2) is 0 Å². The van der Waals surface area contributed by atoms with Gasteiger partial charge < -0.3 is 16.2 Å². The Morgan fingerprint density at radius 2 is 2.00 bits per heavy atom. The first kappa shape index (κ1) is 17.4. The minimum absolute atomic E-state index is 0.0695. The first-order valence-electron chi connectivity index (χ1n) is 5.66. The predicted molar refractivity (Wildman–Crippen MR) is 74.7 cm³/mol. The maximum absolute atomic E-state index is 11.6. The lowest BCUT2D eigenvalue weighted by Crippen LogP contribution is -2.31. The Hall–Kier alpha value is -1.68. The van der Waals surface area contributed by atoms with E-state index in [-0.39, 0.29) is 23.6 Å². The standard InChI is InChI=1S/C11H13ClN2O6S/c12-7-2-1-6(5-9(7)21(18,19)20)14-10(15)4-3-8(13)11(16)17/h1-2,5,8H,3-4,13H2,(H,14,15)(H,16,17)(H,18,19,20). The van der Waals surface area contributed by atoms with E-state index in [4.69, 9.17) is 27.0 Å². The van der Waals surface area contributed by atoms with Gasteiger partial charge in [-0.2, -0.15) is 8.42 Å². The second-order valence-corrected chi connectivity index (χ2v) is 5.95. The zero-order valence-corrected chi connectivity index (χ0v) is 12.2. The third-order valence-electron chi connectivity index (χ3n) is 2.49. The fourth-order valence-electron chi connectivity index (χ4n) is 1.41. The first-order chi connectivity index (χ1) is 9.61. The van der Waals surface area contributed by atoms with Crippen LogP contribution in [-0.4, -0.2) is 36.0 Å². The van der Waals surface area contributed by atoms with Crippen molar-refractivity contribution >= 4 is 39.3 Å². The van der Waals surface area contributed by atoms with Crippen molar-refractivity contribution in [1.29, 1.82) is 0 Å². The normalized spacial score (nSPS) is 12.7. The minimum Gasteiger partial charge on any atom is -0.480 e. The molecule has 8 nitrogen and oxygen atoms in total. The molecule has 1 rings (SSSR count). The topological polar surface area (TPSA) is 147 Å². The van der Waals surface area contributed by atoms with Gasteiger partial charge >= 0.3 is 5.97 Å². The molecule has 0 saturated carbocycles. The molecule has 0 heterocycles. The maximum atomic E-state index is 11.6. The average Bonchev–Trinajstić information content (AvgIpc) is 2.36. The Kier molecular flexibility index (Phi) is 5.67. The number of halogens is 1. The monoisotopic (exact) mass is 336 g/mol. The van der Waals surface area contributed by atoms with Crippen LogP contribution in [-0.2, 0) is 19.7 Å². The quantitative estimate of drug-likeness (QED) is 0.559. The summed E-state index contributed by atoms with van der Waals surface area (Å²) in [5.41, 5.74) is 5.35. The van der Waals surface area contributed by atoms with Crippen molar-refractivity contribution in [3.63, 3.8) is 0 Å². The summed E-state index contributed by atoms with van der Waals surface area (Å²) < 4.78 is 31.1. The molecule has 0 bridgehead atoms. The van der Waals surface area contributed by atoms with Crippen LogP contribution in [0, 0.1) is 0 Å². The van der Waals surface area contributed by atoms with Crippen LogP contribution in [0.4, 0.5) is 5.69 Å². The summed E-state index contributed by atoms with van der Waals surface area (Å²) in [6.07, 6.45) is -0.225. The fraction of sp³-hybridized carbons (Fsp3) is 0.273. The van der Waals surface area contributed by atoms with Crippen molar-refractivity contribution in [1.82, 2.24) is 0 Å². The number of carboxylic acids is 1. The summed E-state index contributed by atoms with van der Waals surface area (Å²) in [6, 6.07) is 2.37. The molecule has 0 radical (unpaired) electrons. The van der Waals surface area contributed by atoms with Gasteiger partial charge in [0.05, 0.1) is 5.02 Å². The molecule has 1 unspecified atom stereocenters. The number of amides is 1. The number of carboxylic acid groups (broad SMARTS) is 1. The molecule has 1 atom stereocenters. The molecule has 0 aliphatic heterocycles. The number of benzene rings is 1. The Bertz CT molecular complexity index is 661. The van der Waals surface area contributed by atoms with Crippen LogP contribution >= 0.6 is 11.6 Å². The average molecular weight is 337 g/mol. The van der Waals surface area contributed by atoms with Gasteiger partial charge in [-0.25, -0.2) is 0 Å². The van der Waals surface area contributed by atoms with Gasteiger partial charge in [0, 0.05) is 12.1 Å². The Morgan fingerprint density at radius 1 is 1.38 bits per heavy atom. The molecule has 116 valence electrons. The van der Waals surface area contributed by atoms with E-state index in [2.05, 4.69) is 5.32 Å². The molecule has 10 heteroatoms. The van der Waals surface area contributed by atoms with Gasteiger partial charge in [-0.3, -0.25) is 14.1 Å². The van der Waals surface area contributed by atoms with Crippen LogP contribution in [0.1, 0.15) is 12.8 Å². The highest BCUT2D eigenvalue weighted by Gasteiger charge is 2.17. The molecule has 1 aromatic carbocycles.